The van der Waals surface area contributed by atoms with Gasteiger partial charge in [-0.2, -0.15) is 0 Å². The summed E-state index contributed by atoms with van der Waals surface area (Å²) in [4.78, 5) is 0. The number of benzene rings is 9. The van der Waals surface area contributed by atoms with E-state index in [0.29, 0.717) is 0 Å². The second kappa shape index (κ2) is 10.4. The first-order valence-electron chi connectivity index (χ1n) is 17.1. The SMILES string of the molecule is c1cc(-c2ccc3c(c2)oc2ccc4c5ccccc5oc4c23)cc(-c2c3ccccc3c(-c3cccc4ccccc34)c3ccccc23)c1. The van der Waals surface area contributed by atoms with E-state index in [1.54, 1.807) is 0 Å². The highest BCUT2D eigenvalue weighted by Gasteiger charge is 2.19. The first kappa shape index (κ1) is 27.3. The van der Waals surface area contributed by atoms with Gasteiger partial charge in [-0.25, -0.2) is 0 Å². The van der Waals surface area contributed by atoms with Crippen LogP contribution in [-0.4, -0.2) is 0 Å². The molecule has 0 N–H and O–H groups in total. The van der Waals surface area contributed by atoms with Gasteiger partial charge in [0.05, 0.1) is 5.39 Å². The molecule has 2 aromatic heterocycles. The Balaban J connectivity index is 1.11. The molecule has 0 atom stereocenters. The van der Waals surface area contributed by atoms with E-state index in [1.165, 1.54) is 54.6 Å². The van der Waals surface area contributed by atoms with E-state index in [2.05, 4.69) is 158 Å². The number of fused-ring (bicyclic) bond motifs is 10. The van der Waals surface area contributed by atoms with Crippen LogP contribution in [0.2, 0.25) is 0 Å². The van der Waals surface area contributed by atoms with Crippen molar-refractivity contribution in [1.29, 1.82) is 0 Å². The molecular weight excluding hydrogens is 609 g/mol. The van der Waals surface area contributed by atoms with E-state index in [0.717, 1.165) is 55.0 Å². The summed E-state index contributed by atoms with van der Waals surface area (Å²) in [5.41, 5.74) is 10.7. The Hall–Kier alpha value is -6.64. The molecule has 0 aliphatic heterocycles. The lowest BCUT2D eigenvalue weighted by Crippen LogP contribution is -1.92. The topological polar surface area (TPSA) is 26.3 Å². The maximum absolute atomic E-state index is 6.47. The molecule has 11 aromatic rings. The minimum absolute atomic E-state index is 0.835. The van der Waals surface area contributed by atoms with Gasteiger partial charge in [-0.05, 0) is 102 Å². The fourth-order valence-corrected chi connectivity index (χ4v) is 8.25. The van der Waals surface area contributed by atoms with E-state index in [1.807, 2.05) is 12.1 Å². The molecule has 0 unspecified atom stereocenters. The van der Waals surface area contributed by atoms with Crippen LogP contribution in [0.3, 0.4) is 0 Å². The van der Waals surface area contributed by atoms with Crippen molar-refractivity contribution in [2.75, 3.05) is 0 Å². The van der Waals surface area contributed by atoms with Crippen LogP contribution >= 0.6 is 0 Å². The van der Waals surface area contributed by atoms with Crippen LogP contribution < -0.4 is 0 Å². The summed E-state index contributed by atoms with van der Waals surface area (Å²) in [6.45, 7) is 0. The van der Waals surface area contributed by atoms with Crippen LogP contribution in [0, 0.1) is 0 Å². The van der Waals surface area contributed by atoms with Crippen molar-refractivity contribution < 1.29 is 8.83 Å². The fourth-order valence-electron chi connectivity index (χ4n) is 8.25. The Morgan fingerprint density at radius 3 is 1.70 bits per heavy atom. The van der Waals surface area contributed by atoms with Gasteiger partial charge in [0.2, 0.25) is 0 Å². The molecule has 2 heterocycles. The highest BCUT2D eigenvalue weighted by atomic mass is 16.3. The van der Waals surface area contributed by atoms with Crippen molar-refractivity contribution in [2.24, 2.45) is 0 Å². The van der Waals surface area contributed by atoms with Crippen molar-refractivity contribution >= 4 is 76.2 Å². The van der Waals surface area contributed by atoms with Crippen LogP contribution in [0.4, 0.5) is 0 Å². The van der Waals surface area contributed by atoms with E-state index in [-0.39, 0.29) is 0 Å². The Morgan fingerprint density at radius 2 is 0.900 bits per heavy atom. The molecule has 232 valence electrons. The Kier molecular flexibility index (Phi) is 5.70. The lowest BCUT2D eigenvalue weighted by atomic mass is 9.84. The van der Waals surface area contributed by atoms with Crippen LogP contribution in [0.25, 0.3) is 110 Å². The standard InChI is InChI=1S/C48H28O2/c1-2-15-33-29(11-1)12-10-21-35(33)46-38-19-5-3-17-36(38)45(37-18-4-6-20-39(37)46)32-14-9-13-30(27-32)31-23-24-41-44(28-31)49-43-26-25-40-34-16-7-8-22-42(34)50-48(40)47(41)43/h1-28H. The maximum atomic E-state index is 6.47. The van der Waals surface area contributed by atoms with Gasteiger partial charge in [-0.1, -0.05) is 133 Å². The summed E-state index contributed by atoms with van der Waals surface area (Å²) < 4.78 is 12.9. The third kappa shape index (κ3) is 3.90. The molecule has 0 radical (unpaired) electrons. The van der Waals surface area contributed by atoms with E-state index >= 15 is 0 Å². The molecular formula is C48H28O2. The molecule has 0 aliphatic rings. The zero-order chi connectivity index (χ0) is 32.8. The molecule has 0 saturated heterocycles. The number of para-hydroxylation sites is 1. The number of rotatable bonds is 3. The quantitative estimate of drug-likeness (QED) is 0.180. The van der Waals surface area contributed by atoms with Crippen LogP contribution in [-0.2, 0) is 0 Å². The van der Waals surface area contributed by atoms with Gasteiger partial charge < -0.3 is 8.83 Å². The van der Waals surface area contributed by atoms with Gasteiger partial charge in [-0.15, -0.1) is 0 Å². The first-order chi connectivity index (χ1) is 24.8. The van der Waals surface area contributed by atoms with Gasteiger partial charge in [-0.3, -0.25) is 0 Å². The average Bonchev–Trinajstić information content (AvgIpc) is 3.75. The molecule has 2 heteroatoms. The second-order valence-electron chi connectivity index (χ2n) is 13.2. The number of hydrogen-bond donors (Lipinski definition) is 0. The van der Waals surface area contributed by atoms with E-state index < -0.39 is 0 Å². The molecule has 2 nitrogen and oxygen atoms in total. The number of hydrogen-bond acceptors (Lipinski definition) is 2. The first-order valence-corrected chi connectivity index (χ1v) is 17.1. The summed E-state index contributed by atoms with van der Waals surface area (Å²) in [6, 6.07) is 61.0. The zero-order valence-corrected chi connectivity index (χ0v) is 27.0. The van der Waals surface area contributed by atoms with Crippen molar-refractivity contribution in [1.82, 2.24) is 0 Å². The second-order valence-corrected chi connectivity index (χ2v) is 13.2. The predicted molar refractivity (Wildman–Crippen MR) is 210 cm³/mol. The summed E-state index contributed by atoms with van der Waals surface area (Å²) in [7, 11) is 0. The third-order valence-electron chi connectivity index (χ3n) is 10.5. The Bertz CT molecular complexity index is 3090. The highest BCUT2D eigenvalue weighted by Crippen LogP contribution is 2.46. The zero-order valence-electron chi connectivity index (χ0n) is 27.0. The smallest absolute Gasteiger partial charge is 0.147 e. The molecule has 0 saturated carbocycles. The van der Waals surface area contributed by atoms with Crippen LogP contribution in [0.1, 0.15) is 0 Å². The van der Waals surface area contributed by atoms with Crippen molar-refractivity contribution in [3.05, 3.63) is 170 Å². The fraction of sp³-hybridized carbons (Fsp3) is 0. The molecule has 0 aliphatic carbocycles. The molecule has 0 bridgehead atoms. The minimum Gasteiger partial charge on any atom is -0.456 e. The van der Waals surface area contributed by atoms with Gasteiger partial charge in [0, 0.05) is 16.2 Å². The maximum Gasteiger partial charge on any atom is 0.147 e. The van der Waals surface area contributed by atoms with Crippen LogP contribution in [0.5, 0.6) is 0 Å². The summed E-state index contributed by atoms with van der Waals surface area (Å²) >= 11 is 0. The molecule has 50 heavy (non-hydrogen) atoms. The largest absolute Gasteiger partial charge is 0.456 e. The summed E-state index contributed by atoms with van der Waals surface area (Å²) in [5, 5.41) is 11.8. The van der Waals surface area contributed by atoms with Crippen LogP contribution in [0.15, 0.2) is 179 Å². The number of furan rings is 2. The van der Waals surface area contributed by atoms with E-state index in [9.17, 15) is 0 Å². The van der Waals surface area contributed by atoms with Gasteiger partial charge in [0.1, 0.15) is 22.3 Å². The Labute approximate surface area is 287 Å². The highest BCUT2D eigenvalue weighted by molar-refractivity contribution is 6.24. The monoisotopic (exact) mass is 636 g/mol. The normalized spacial score (nSPS) is 12.0. The molecule has 11 rings (SSSR count). The minimum atomic E-state index is 0.835. The van der Waals surface area contributed by atoms with Crippen molar-refractivity contribution in [3.8, 4) is 33.4 Å². The van der Waals surface area contributed by atoms with Crippen molar-refractivity contribution in [2.45, 2.75) is 0 Å². The van der Waals surface area contributed by atoms with Gasteiger partial charge in [0.25, 0.3) is 0 Å². The van der Waals surface area contributed by atoms with Gasteiger partial charge >= 0.3 is 0 Å². The third-order valence-corrected chi connectivity index (χ3v) is 10.5. The molecule has 0 fully saturated rings. The summed E-state index contributed by atoms with van der Waals surface area (Å²) in [5.74, 6) is 0. The molecule has 0 amide bonds. The molecule has 0 spiro atoms. The lowest BCUT2D eigenvalue weighted by Gasteiger charge is -2.19. The predicted octanol–water partition coefficient (Wildman–Crippen LogP) is 13.9. The Morgan fingerprint density at radius 1 is 0.300 bits per heavy atom. The summed E-state index contributed by atoms with van der Waals surface area (Å²) in [6.07, 6.45) is 0. The molecule has 9 aromatic carbocycles. The van der Waals surface area contributed by atoms with Gasteiger partial charge in [0.15, 0.2) is 0 Å². The average molecular weight is 637 g/mol. The van der Waals surface area contributed by atoms with Crippen molar-refractivity contribution in [3.63, 3.8) is 0 Å². The lowest BCUT2D eigenvalue weighted by molar-refractivity contribution is 0.663. The van der Waals surface area contributed by atoms with E-state index in [4.69, 9.17) is 8.83 Å².